The molecule has 9 nitrogen and oxygen atoms in total. The lowest BCUT2D eigenvalue weighted by Crippen LogP contribution is -2.55. The van der Waals surface area contributed by atoms with E-state index in [0.717, 1.165) is 6.42 Å². The number of hydrogen-bond acceptors (Lipinski definition) is 6. The zero-order chi connectivity index (χ0) is 25.9. The predicted octanol–water partition coefficient (Wildman–Crippen LogP) is 2.34. The fourth-order valence-electron chi connectivity index (χ4n) is 3.31. The molecule has 0 aromatic rings. The van der Waals surface area contributed by atoms with Gasteiger partial charge in [0.15, 0.2) is 0 Å². The third kappa shape index (κ3) is 12.8. The molecule has 0 saturated heterocycles. The van der Waals surface area contributed by atoms with Crippen molar-refractivity contribution in [1.29, 1.82) is 0 Å². The Labute approximate surface area is 199 Å². The highest BCUT2D eigenvalue weighted by Gasteiger charge is 2.31. The number of hydrogen-bond donors (Lipinski definition) is 5. The van der Waals surface area contributed by atoms with Gasteiger partial charge < -0.3 is 30.9 Å². The number of nitrogens with one attached hydrogen (secondary N) is 3. The van der Waals surface area contributed by atoms with Crippen LogP contribution in [0.25, 0.3) is 0 Å². The Morgan fingerprint density at radius 2 is 1.52 bits per heavy atom. The van der Waals surface area contributed by atoms with Gasteiger partial charge in [0, 0.05) is 0 Å². The number of ether oxygens (including phenoxy) is 1. The number of amides is 3. The van der Waals surface area contributed by atoms with Crippen molar-refractivity contribution in [2.45, 2.75) is 111 Å². The van der Waals surface area contributed by atoms with E-state index in [9.17, 15) is 24.6 Å². The van der Waals surface area contributed by atoms with Crippen LogP contribution in [0.2, 0.25) is 0 Å². The van der Waals surface area contributed by atoms with E-state index in [1.807, 2.05) is 27.7 Å². The lowest BCUT2D eigenvalue weighted by atomic mass is 9.95. The monoisotopic (exact) mass is 473 g/mol. The molecule has 5 N–H and O–H groups in total. The Kier molecular flexibility index (Phi) is 13.6. The Hall–Kier alpha value is -1.87. The van der Waals surface area contributed by atoms with E-state index in [-0.39, 0.29) is 30.8 Å². The first kappa shape index (κ1) is 31.1. The fourth-order valence-corrected chi connectivity index (χ4v) is 3.31. The van der Waals surface area contributed by atoms with Gasteiger partial charge in [-0.3, -0.25) is 9.59 Å². The summed E-state index contributed by atoms with van der Waals surface area (Å²) in [7, 11) is 0. The quantitative estimate of drug-likeness (QED) is 0.278. The van der Waals surface area contributed by atoms with Gasteiger partial charge >= 0.3 is 6.09 Å². The first-order valence-corrected chi connectivity index (χ1v) is 12.0. The minimum absolute atomic E-state index is 0.0907. The summed E-state index contributed by atoms with van der Waals surface area (Å²) >= 11 is 0. The Morgan fingerprint density at radius 3 is 1.94 bits per heavy atom. The molecule has 33 heavy (non-hydrogen) atoms. The standard InChI is InChI=1S/C24H47N3O6/c1-10-16(6)18(13-28)25-20(30)12-19(29)17(11-14(2)3)26-22(31)21(15(4)5)27-23(32)33-24(7,8)9/h14-19,21,28-29H,10-13H2,1-9H3,(H,25,30)(H,26,31)(H,27,32)/t16-,17-,18+,19-,21-/m0/s1. The second kappa shape index (κ2) is 14.4. The summed E-state index contributed by atoms with van der Waals surface area (Å²) in [6.45, 7) is 16.4. The van der Waals surface area contributed by atoms with E-state index in [1.54, 1.807) is 34.6 Å². The molecule has 9 heteroatoms. The minimum Gasteiger partial charge on any atom is -0.444 e. The summed E-state index contributed by atoms with van der Waals surface area (Å²) in [5, 5.41) is 28.5. The van der Waals surface area contributed by atoms with Crippen LogP contribution in [0.1, 0.15) is 81.6 Å². The molecule has 0 unspecified atom stereocenters. The third-order valence-corrected chi connectivity index (χ3v) is 5.41. The molecule has 0 heterocycles. The molecule has 0 aliphatic heterocycles. The lowest BCUT2D eigenvalue weighted by Gasteiger charge is -2.30. The van der Waals surface area contributed by atoms with Crippen LogP contribution in [0.4, 0.5) is 4.79 Å². The van der Waals surface area contributed by atoms with Crippen LogP contribution >= 0.6 is 0 Å². The maximum atomic E-state index is 13.0. The molecule has 5 atom stereocenters. The second-order valence-corrected chi connectivity index (χ2v) is 10.6. The second-order valence-electron chi connectivity index (χ2n) is 10.6. The van der Waals surface area contributed by atoms with Crippen LogP contribution in [0, 0.1) is 17.8 Å². The normalized spacial score (nSPS) is 16.5. The van der Waals surface area contributed by atoms with Gasteiger partial charge in [-0.15, -0.1) is 0 Å². The van der Waals surface area contributed by atoms with Gasteiger partial charge in [-0.1, -0.05) is 48.0 Å². The van der Waals surface area contributed by atoms with Crippen molar-refractivity contribution in [2.75, 3.05) is 6.61 Å². The zero-order valence-corrected chi connectivity index (χ0v) is 21.9. The van der Waals surface area contributed by atoms with Crippen molar-refractivity contribution < 1.29 is 29.3 Å². The van der Waals surface area contributed by atoms with Gasteiger partial charge in [0.2, 0.25) is 11.8 Å². The van der Waals surface area contributed by atoms with Crippen LogP contribution in [0.3, 0.4) is 0 Å². The summed E-state index contributed by atoms with van der Waals surface area (Å²) in [6, 6.07) is -1.93. The number of rotatable bonds is 13. The van der Waals surface area contributed by atoms with Crippen LogP contribution in [0.15, 0.2) is 0 Å². The molecule has 0 aliphatic rings. The van der Waals surface area contributed by atoms with E-state index >= 15 is 0 Å². The van der Waals surface area contributed by atoms with Crippen molar-refractivity contribution in [3.8, 4) is 0 Å². The number of aliphatic hydroxyl groups is 2. The Balaban J connectivity index is 5.28. The number of carbonyl (C=O) groups is 3. The summed E-state index contributed by atoms with van der Waals surface area (Å²) in [4.78, 5) is 37.7. The van der Waals surface area contributed by atoms with E-state index < -0.39 is 47.7 Å². The Morgan fingerprint density at radius 1 is 0.939 bits per heavy atom. The predicted molar refractivity (Wildman–Crippen MR) is 128 cm³/mol. The van der Waals surface area contributed by atoms with Crippen molar-refractivity contribution in [1.82, 2.24) is 16.0 Å². The van der Waals surface area contributed by atoms with Crippen LogP contribution in [-0.4, -0.2) is 64.6 Å². The zero-order valence-electron chi connectivity index (χ0n) is 21.9. The van der Waals surface area contributed by atoms with Gasteiger partial charge in [-0.2, -0.15) is 0 Å². The number of alkyl carbamates (subject to hydrolysis) is 1. The molecular weight excluding hydrogens is 426 g/mol. The molecule has 0 aliphatic carbocycles. The van der Waals surface area contributed by atoms with Gasteiger partial charge in [0.25, 0.3) is 0 Å². The minimum atomic E-state index is -1.12. The molecule has 0 fully saturated rings. The molecule has 0 radical (unpaired) electrons. The van der Waals surface area contributed by atoms with Gasteiger partial charge in [-0.25, -0.2) is 4.79 Å². The molecular formula is C24H47N3O6. The molecule has 0 bridgehead atoms. The molecule has 0 rings (SSSR count). The number of aliphatic hydroxyl groups excluding tert-OH is 2. The highest BCUT2D eigenvalue weighted by molar-refractivity contribution is 5.86. The topological polar surface area (TPSA) is 137 Å². The van der Waals surface area contributed by atoms with Crippen LogP contribution < -0.4 is 16.0 Å². The highest BCUT2D eigenvalue weighted by Crippen LogP contribution is 2.14. The van der Waals surface area contributed by atoms with E-state index in [4.69, 9.17) is 4.74 Å². The lowest BCUT2D eigenvalue weighted by molar-refractivity contribution is -0.128. The van der Waals surface area contributed by atoms with Crippen LogP contribution in [-0.2, 0) is 14.3 Å². The first-order valence-electron chi connectivity index (χ1n) is 12.0. The highest BCUT2D eigenvalue weighted by atomic mass is 16.6. The van der Waals surface area contributed by atoms with Crippen LogP contribution in [0.5, 0.6) is 0 Å². The summed E-state index contributed by atoms with van der Waals surface area (Å²) in [6.07, 6.45) is -0.789. The summed E-state index contributed by atoms with van der Waals surface area (Å²) in [5.41, 5.74) is -0.701. The average Bonchev–Trinajstić information content (AvgIpc) is 2.66. The summed E-state index contributed by atoms with van der Waals surface area (Å²) in [5.74, 6) is -0.827. The molecule has 0 saturated carbocycles. The Bertz CT molecular complexity index is 618. The van der Waals surface area contributed by atoms with Gasteiger partial charge in [0.1, 0.15) is 11.6 Å². The van der Waals surface area contributed by atoms with Crippen molar-refractivity contribution in [3.05, 3.63) is 0 Å². The van der Waals surface area contributed by atoms with E-state index in [1.165, 1.54) is 0 Å². The van der Waals surface area contributed by atoms with Crippen molar-refractivity contribution in [3.63, 3.8) is 0 Å². The van der Waals surface area contributed by atoms with Gasteiger partial charge in [-0.05, 0) is 44.9 Å². The average molecular weight is 474 g/mol. The summed E-state index contributed by atoms with van der Waals surface area (Å²) < 4.78 is 5.26. The molecule has 0 aromatic heterocycles. The number of carbonyl (C=O) groups excluding carboxylic acids is 3. The molecule has 3 amide bonds. The van der Waals surface area contributed by atoms with E-state index in [2.05, 4.69) is 16.0 Å². The maximum absolute atomic E-state index is 13.0. The molecule has 0 aromatic carbocycles. The third-order valence-electron chi connectivity index (χ3n) is 5.41. The van der Waals surface area contributed by atoms with Crippen molar-refractivity contribution >= 4 is 17.9 Å². The van der Waals surface area contributed by atoms with Crippen molar-refractivity contribution in [2.24, 2.45) is 17.8 Å². The maximum Gasteiger partial charge on any atom is 0.408 e. The first-order chi connectivity index (χ1) is 15.1. The van der Waals surface area contributed by atoms with Gasteiger partial charge in [0.05, 0.1) is 31.2 Å². The molecule has 0 spiro atoms. The smallest absolute Gasteiger partial charge is 0.408 e. The molecule has 194 valence electrons. The SMILES string of the molecule is CC[C@H](C)[C@@H](CO)NC(=O)C[C@H](O)[C@H](CC(C)C)NC(=O)[C@@H](NC(=O)OC(C)(C)C)C(C)C. The fraction of sp³-hybridized carbons (Fsp3) is 0.875. The largest absolute Gasteiger partial charge is 0.444 e. The van der Waals surface area contributed by atoms with E-state index in [0.29, 0.717) is 6.42 Å².